The minimum atomic E-state index is -4.11. The molecule has 1 unspecified atom stereocenters. The molecule has 59 heavy (non-hydrogen) atoms. The van der Waals surface area contributed by atoms with Crippen molar-refractivity contribution in [3.8, 4) is 11.5 Å². The summed E-state index contributed by atoms with van der Waals surface area (Å²) in [4.78, 5) is 30.1. The van der Waals surface area contributed by atoms with Crippen LogP contribution >= 0.6 is 19.2 Å². The molecule has 6 rings (SSSR count). The van der Waals surface area contributed by atoms with Gasteiger partial charge in [-0.05, 0) is 40.0 Å². The van der Waals surface area contributed by atoms with Crippen LogP contribution in [0.25, 0.3) is 0 Å². The van der Waals surface area contributed by atoms with Crippen LogP contribution in [0.4, 0.5) is 5.82 Å². The lowest BCUT2D eigenvalue weighted by Gasteiger charge is -2.45. The van der Waals surface area contributed by atoms with Crippen LogP contribution in [-0.4, -0.2) is 49.3 Å². The number of nitrogens with zero attached hydrogens (tertiary/aromatic N) is 3. The first kappa shape index (κ1) is 43.7. The van der Waals surface area contributed by atoms with Gasteiger partial charge in [-0.1, -0.05) is 119 Å². The Morgan fingerprint density at radius 2 is 1.68 bits per heavy atom. The number of hydrogen-bond donors (Lipinski definition) is 1. The van der Waals surface area contributed by atoms with Crippen molar-refractivity contribution in [2.75, 3.05) is 18.6 Å². The highest BCUT2D eigenvalue weighted by atomic mass is 35.5. The molecule has 5 aromatic rings. The van der Waals surface area contributed by atoms with Crippen molar-refractivity contribution in [3.63, 3.8) is 0 Å². The third-order valence-electron chi connectivity index (χ3n) is 10.2. The summed E-state index contributed by atoms with van der Waals surface area (Å²) in [5.41, 5.74) is -0.473. The van der Waals surface area contributed by atoms with Crippen molar-refractivity contribution in [3.05, 3.63) is 142 Å². The first-order valence-corrected chi connectivity index (χ1v) is 23.4. The molecule has 1 aliphatic rings. The predicted octanol–water partition coefficient (Wildman–Crippen LogP) is 7.24. The molecule has 3 aromatic carbocycles. The van der Waals surface area contributed by atoms with Gasteiger partial charge in [-0.15, -0.1) is 0 Å². The van der Waals surface area contributed by atoms with E-state index in [0.717, 1.165) is 10.4 Å². The molecule has 0 saturated carbocycles. The number of methoxy groups -OCH3 is 1. The summed E-state index contributed by atoms with van der Waals surface area (Å²) in [7, 11) is -5.82. The number of hydrogen-bond acceptors (Lipinski definition) is 10. The van der Waals surface area contributed by atoms with Crippen molar-refractivity contribution in [2.45, 2.75) is 77.5 Å². The standard InChI is InChI=1S/C43H50ClN4O9PSi/c1-30(2)41(49)45-39-22-24-47(42(50)46-39)40-28-38(57-59(43(3,4)5,33-15-9-7-10-16-33)34-17-11-8-12-18-34)37(55-40)23-26-58(52,56-36-20-14-13-19-35(36)44)54-29-31-27-32(53-6)21-25-48(31)51/h7-22,24-25,27,30,37-38,40H,23,26,28-29H2,1-6H3,(H,45,46,49,50)/t37-,38+,40-,58?/m1/s1. The summed E-state index contributed by atoms with van der Waals surface area (Å²) in [6.45, 7) is 9.63. The summed E-state index contributed by atoms with van der Waals surface area (Å²) in [5.74, 6) is 0.116. The van der Waals surface area contributed by atoms with Crippen LogP contribution in [0.2, 0.25) is 10.1 Å². The fourth-order valence-corrected chi connectivity index (χ4v) is 13.7. The second kappa shape index (κ2) is 18.6. The van der Waals surface area contributed by atoms with Crippen LogP contribution < -0.4 is 35.4 Å². The maximum Gasteiger partial charge on any atom is 0.379 e. The summed E-state index contributed by atoms with van der Waals surface area (Å²) in [6, 6.07) is 31.5. The molecular weight excluding hydrogens is 811 g/mol. The molecule has 312 valence electrons. The molecular formula is C43H50ClN4O9PSi. The van der Waals surface area contributed by atoms with Crippen molar-refractivity contribution in [1.82, 2.24) is 9.55 Å². The van der Waals surface area contributed by atoms with E-state index in [4.69, 9.17) is 34.5 Å². The van der Waals surface area contributed by atoms with E-state index in [2.05, 4.69) is 55.3 Å². The average Bonchev–Trinajstić information content (AvgIpc) is 3.62. The summed E-state index contributed by atoms with van der Waals surface area (Å²) in [5, 5.41) is 17.3. The lowest BCUT2D eigenvalue weighted by Crippen LogP contribution is -2.68. The van der Waals surface area contributed by atoms with Crippen LogP contribution in [0.1, 0.15) is 59.4 Å². The first-order valence-electron chi connectivity index (χ1n) is 19.4. The molecule has 1 aliphatic heterocycles. The minimum absolute atomic E-state index is 0.0985. The molecule has 0 bridgehead atoms. The Bertz CT molecular complexity index is 2290. The normalized spacial score (nSPS) is 18.0. The van der Waals surface area contributed by atoms with E-state index < -0.39 is 45.1 Å². The van der Waals surface area contributed by atoms with Crippen molar-refractivity contribution >= 4 is 49.6 Å². The molecule has 0 radical (unpaired) electrons. The SMILES string of the molecule is COc1cc[n+]([O-])c(COP(=O)(CC[C@H]2O[C@@H](n3ccc(NC(=O)C(C)C)nc3=O)C[C@@H]2O[Si](c2ccccc2)(c2ccccc2)C(C)(C)C)Oc2ccccc2Cl)c1. The molecule has 3 heterocycles. The van der Waals surface area contributed by atoms with Crippen molar-refractivity contribution < 1.29 is 37.0 Å². The van der Waals surface area contributed by atoms with E-state index in [1.54, 1.807) is 50.4 Å². The quantitative estimate of drug-likeness (QED) is 0.0465. The number of para-hydroxylation sites is 1. The Labute approximate surface area is 350 Å². The number of carbonyl (C=O) groups excluding carboxylic acids is 1. The van der Waals surface area contributed by atoms with Gasteiger partial charge in [-0.25, -0.2) is 9.36 Å². The molecule has 1 N–H and O–H groups in total. The van der Waals surface area contributed by atoms with E-state index >= 15 is 0 Å². The molecule has 1 saturated heterocycles. The third kappa shape index (κ3) is 10.1. The number of halogens is 1. The Morgan fingerprint density at radius 3 is 2.27 bits per heavy atom. The summed E-state index contributed by atoms with van der Waals surface area (Å²) >= 11 is 6.48. The Morgan fingerprint density at radius 1 is 1.03 bits per heavy atom. The van der Waals surface area contributed by atoms with Gasteiger partial charge in [-0.2, -0.15) is 9.71 Å². The molecule has 4 atom stereocenters. The van der Waals surface area contributed by atoms with E-state index in [0.29, 0.717) is 10.5 Å². The van der Waals surface area contributed by atoms with Crippen LogP contribution in [0.5, 0.6) is 11.5 Å². The fraction of sp³-hybridized carbons (Fsp3) is 0.349. The highest BCUT2D eigenvalue weighted by Gasteiger charge is 2.54. The van der Waals surface area contributed by atoms with Crippen LogP contribution in [0.3, 0.4) is 0 Å². The zero-order valence-corrected chi connectivity index (χ0v) is 36.6. The zero-order valence-electron chi connectivity index (χ0n) is 33.9. The Kier molecular flexibility index (Phi) is 13.8. The van der Waals surface area contributed by atoms with E-state index in [1.165, 1.54) is 30.0 Å². The highest BCUT2D eigenvalue weighted by Crippen LogP contribution is 2.52. The average molecular weight is 861 g/mol. The van der Waals surface area contributed by atoms with Crippen LogP contribution in [-0.2, 0) is 29.7 Å². The van der Waals surface area contributed by atoms with E-state index in [9.17, 15) is 19.4 Å². The number of ether oxygens (including phenoxy) is 2. The Balaban J connectivity index is 1.38. The predicted molar refractivity (Wildman–Crippen MR) is 229 cm³/mol. The molecule has 0 aliphatic carbocycles. The smallest absolute Gasteiger partial charge is 0.379 e. The lowest BCUT2D eigenvalue weighted by molar-refractivity contribution is -0.616. The zero-order chi connectivity index (χ0) is 42.4. The maximum atomic E-state index is 14.9. The van der Waals surface area contributed by atoms with Gasteiger partial charge in [0.15, 0.2) is 6.20 Å². The van der Waals surface area contributed by atoms with E-state index in [-0.39, 0.29) is 59.7 Å². The van der Waals surface area contributed by atoms with Gasteiger partial charge >= 0.3 is 13.3 Å². The lowest BCUT2D eigenvalue weighted by atomic mass is 10.1. The van der Waals surface area contributed by atoms with Crippen molar-refractivity contribution in [1.29, 1.82) is 0 Å². The number of pyridine rings is 1. The number of anilines is 1. The second-order valence-electron chi connectivity index (χ2n) is 15.6. The number of amides is 1. The number of aromatic nitrogens is 3. The molecule has 1 fully saturated rings. The molecule has 13 nitrogen and oxygen atoms in total. The van der Waals surface area contributed by atoms with Crippen LogP contribution in [0, 0.1) is 11.1 Å². The maximum absolute atomic E-state index is 14.9. The fourth-order valence-electron chi connectivity index (χ4n) is 7.14. The Hall–Kier alpha value is -4.82. The monoisotopic (exact) mass is 860 g/mol. The van der Waals surface area contributed by atoms with Gasteiger partial charge < -0.3 is 28.9 Å². The molecule has 1 amide bonds. The van der Waals surface area contributed by atoms with Crippen LogP contribution in [0.15, 0.2) is 120 Å². The van der Waals surface area contributed by atoms with Gasteiger partial charge in [0.05, 0.1) is 36.6 Å². The van der Waals surface area contributed by atoms with Crippen molar-refractivity contribution in [2.24, 2.45) is 5.92 Å². The second-order valence-corrected chi connectivity index (χ2v) is 22.4. The minimum Gasteiger partial charge on any atom is -0.618 e. The molecule has 0 spiro atoms. The van der Waals surface area contributed by atoms with Gasteiger partial charge in [-0.3, -0.25) is 13.9 Å². The van der Waals surface area contributed by atoms with Gasteiger partial charge in [0.25, 0.3) is 8.32 Å². The number of nitrogens with one attached hydrogen (secondary N) is 1. The number of rotatable bonds is 16. The third-order valence-corrected chi connectivity index (χ3v) is 17.4. The number of carbonyl (C=O) groups is 1. The highest BCUT2D eigenvalue weighted by molar-refractivity contribution is 7.54. The summed E-state index contributed by atoms with van der Waals surface area (Å²) in [6.07, 6.45) is 0.783. The van der Waals surface area contributed by atoms with Gasteiger partial charge in [0, 0.05) is 24.6 Å². The molecule has 2 aromatic heterocycles. The van der Waals surface area contributed by atoms with Gasteiger partial charge in [0.2, 0.25) is 11.6 Å². The topological polar surface area (TPSA) is 154 Å². The molecule has 16 heteroatoms. The summed E-state index contributed by atoms with van der Waals surface area (Å²) < 4.78 is 48.6. The largest absolute Gasteiger partial charge is 0.618 e. The van der Waals surface area contributed by atoms with E-state index in [1.807, 2.05) is 36.4 Å². The first-order chi connectivity index (χ1) is 28.1. The van der Waals surface area contributed by atoms with Gasteiger partial charge in [0.1, 0.15) is 30.2 Å². The number of benzene rings is 3.